The van der Waals surface area contributed by atoms with E-state index in [1.807, 2.05) is 54.6 Å². The van der Waals surface area contributed by atoms with Gasteiger partial charge in [0.25, 0.3) is 0 Å². The Hall–Kier alpha value is -2.90. The molecule has 0 amide bonds. The Morgan fingerprint density at radius 1 is 0.900 bits per heavy atom. The van der Waals surface area contributed by atoms with Crippen LogP contribution in [0, 0.1) is 0 Å². The van der Waals surface area contributed by atoms with Crippen LogP contribution in [0.1, 0.15) is 5.56 Å². The van der Waals surface area contributed by atoms with E-state index in [9.17, 15) is 8.42 Å². The van der Waals surface area contributed by atoms with Gasteiger partial charge in [0, 0.05) is 23.6 Å². The van der Waals surface area contributed by atoms with Crippen molar-refractivity contribution in [2.45, 2.75) is 16.5 Å². The minimum atomic E-state index is -3.86. The van der Waals surface area contributed by atoms with Crippen LogP contribution in [-0.2, 0) is 16.4 Å². The second-order valence-electron chi connectivity index (χ2n) is 6.79. The van der Waals surface area contributed by atoms with Crippen LogP contribution in [0.2, 0.25) is 0 Å². The molecule has 5 nitrogen and oxygen atoms in total. The number of nitrogens with zero attached hydrogens (tertiary/aromatic N) is 2. The van der Waals surface area contributed by atoms with E-state index in [0.29, 0.717) is 12.1 Å². The molecular formula is C23H19BrN2O3S. The van der Waals surface area contributed by atoms with Crippen LogP contribution < -0.4 is 4.90 Å². The van der Waals surface area contributed by atoms with Crippen LogP contribution in [0.3, 0.4) is 0 Å². The zero-order chi connectivity index (χ0) is 21.1. The number of rotatable bonds is 6. The minimum Gasteiger partial charge on any atom is -0.419 e. The summed E-state index contributed by atoms with van der Waals surface area (Å²) in [4.78, 5) is 6.35. The Kier molecular flexibility index (Phi) is 5.74. The molecule has 4 rings (SSSR count). The third-order valence-corrected chi connectivity index (χ3v) is 6.78. The lowest BCUT2D eigenvalue weighted by molar-refractivity contribution is 0.554. The van der Waals surface area contributed by atoms with Crippen molar-refractivity contribution in [2.75, 3.05) is 11.9 Å². The van der Waals surface area contributed by atoms with E-state index in [2.05, 4.69) is 20.9 Å². The molecule has 0 fully saturated rings. The number of hydrogen-bond acceptors (Lipinski definition) is 5. The van der Waals surface area contributed by atoms with E-state index in [0.717, 1.165) is 10.0 Å². The van der Waals surface area contributed by atoms with Crippen LogP contribution in [0.25, 0.3) is 11.5 Å². The molecule has 0 saturated carbocycles. The van der Waals surface area contributed by atoms with Gasteiger partial charge in [-0.3, -0.25) is 0 Å². The second kappa shape index (κ2) is 8.45. The highest BCUT2D eigenvalue weighted by Crippen LogP contribution is 2.35. The summed E-state index contributed by atoms with van der Waals surface area (Å²) >= 11 is 3.41. The molecule has 0 unspecified atom stereocenters. The summed E-state index contributed by atoms with van der Waals surface area (Å²) in [7, 11) is -2.06. The van der Waals surface area contributed by atoms with Gasteiger partial charge in [0.2, 0.25) is 26.6 Å². The van der Waals surface area contributed by atoms with E-state index in [4.69, 9.17) is 4.42 Å². The molecule has 3 aromatic carbocycles. The molecule has 0 atom stereocenters. The lowest BCUT2D eigenvalue weighted by atomic mass is 10.2. The van der Waals surface area contributed by atoms with Crippen molar-refractivity contribution in [1.82, 2.24) is 4.98 Å². The third kappa shape index (κ3) is 4.17. The van der Waals surface area contributed by atoms with E-state index in [1.165, 1.54) is 0 Å². The maximum absolute atomic E-state index is 13.4. The van der Waals surface area contributed by atoms with Crippen molar-refractivity contribution in [2.24, 2.45) is 0 Å². The molecule has 4 aromatic rings. The molecule has 152 valence electrons. The highest BCUT2D eigenvalue weighted by atomic mass is 79.9. The predicted molar refractivity (Wildman–Crippen MR) is 120 cm³/mol. The monoisotopic (exact) mass is 482 g/mol. The molecule has 0 aliphatic rings. The molecular weight excluding hydrogens is 464 g/mol. The van der Waals surface area contributed by atoms with Gasteiger partial charge in [-0.15, -0.1) is 0 Å². The first-order chi connectivity index (χ1) is 14.4. The standard InChI is InChI=1S/C23H19BrN2O3S/c1-26(16-17-8-4-2-5-9-17)23-22(30(27,28)20-10-6-3-7-11-20)25-21(29-23)18-12-14-19(24)15-13-18/h2-15H,16H2,1H3. The fraction of sp³-hybridized carbons (Fsp3) is 0.0870. The van der Waals surface area contributed by atoms with Crippen molar-refractivity contribution in [3.05, 3.63) is 95.0 Å². The van der Waals surface area contributed by atoms with Crippen molar-refractivity contribution in [1.29, 1.82) is 0 Å². The summed E-state index contributed by atoms with van der Waals surface area (Å²) in [5, 5.41) is -0.0925. The van der Waals surface area contributed by atoms with Crippen LogP contribution in [-0.4, -0.2) is 20.4 Å². The van der Waals surface area contributed by atoms with Gasteiger partial charge in [-0.05, 0) is 42.0 Å². The van der Waals surface area contributed by atoms with Gasteiger partial charge in [0.15, 0.2) is 0 Å². The van der Waals surface area contributed by atoms with E-state index >= 15 is 0 Å². The summed E-state index contributed by atoms with van der Waals surface area (Å²) in [6.07, 6.45) is 0. The average Bonchev–Trinajstić information content (AvgIpc) is 3.22. The van der Waals surface area contributed by atoms with E-state index in [1.54, 1.807) is 42.3 Å². The molecule has 30 heavy (non-hydrogen) atoms. The number of anilines is 1. The van der Waals surface area contributed by atoms with Crippen LogP contribution in [0.4, 0.5) is 5.88 Å². The van der Waals surface area contributed by atoms with Gasteiger partial charge in [0.05, 0.1) is 4.90 Å². The van der Waals surface area contributed by atoms with Gasteiger partial charge in [-0.25, -0.2) is 8.42 Å². The minimum absolute atomic E-state index is 0.0925. The van der Waals surface area contributed by atoms with Crippen molar-refractivity contribution < 1.29 is 12.8 Å². The average molecular weight is 483 g/mol. The number of halogens is 1. The Balaban J connectivity index is 1.81. The Labute approximate surface area is 184 Å². The zero-order valence-electron chi connectivity index (χ0n) is 16.2. The molecule has 0 aliphatic heterocycles. The Morgan fingerprint density at radius 2 is 1.50 bits per heavy atom. The fourth-order valence-corrected chi connectivity index (χ4v) is 4.70. The number of sulfone groups is 1. The number of benzene rings is 3. The zero-order valence-corrected chi connectivity index (χ0v) is 18.6. The van der Waals surface area contributed by atoms with Gasteiger partial charge in [-0.2, -0.15) is 4.98 Å². The molecule has 0 spiro atoms. The molecule has 0 radical (unpaired) electrons. The van der Waals surface area contributed by atoms with Gasteiger partial charge in [0.1, 0.15) is 0 Å². The Morgan fingerprint density at radius 3 is 2.13 bits per heavy atom. The molecule has 0 bridgehead atoms. The SMILES string of the molecule is CN(Cc1ccccc1)c1oc(-c2ccc(Br)cc2)nc1S(=O)(=O)c1ccccc1. The summed E-state index contributed by atoms with van der Waals surface area (Å²) in [5.41, 5.74) is 1.73. The Bertz CT molecular complexity index is 1240. The summed E-state index contributed by atoms with van der Waals surface area (Å²) < 4.78 is 33.6. The fourth-order valence-electron chi connectivity index (χ4n) is 3.07. The summed E-state index contributed by atoms with van der Waals surface area (Å²) in [5.74, 6) is 0.465. The van der Waals surface area contributed by atoms with Crippen molar-refractivity contribution >= 4 is 31.7 Å². The van der Waals surface area contributed by atoms with Crippen molar-refractivity contribution in [3.8, 4) is 11.5 Å². The van der Waals surface area contributed by atoms with Crippen LogP contribution >= 0.6 is 15.9 Å². The lowest BCUT2D eigenvalue weighted by Gasteiger charge is -2.17. The van der Waals surface area contributed by atoms with Gasteiger partial charge in [-0.1, -0.05) is 64.5 Å². The topological polar surface area (TPSA) is 63.4 Å². The quantitative estimate of drug-likeness (QED) is 0.359. The highest BCUT2D eigenvalue weighted by Gasteiger charge is 2.30. The predicted octanol–water partition coefficient (Wildman–Crippen LogP) is 5.57. The van der Waals surface area contributed by atoms with Gasteiger partial charge >= 0.3 is 0 Å². The van der Waals surface area contributed by atoms with Gasteiger partial charge < -0.3 is 9.32 Å². The molecule has 1 aromatic heterocycles. The molecule has 0 saturated heterocycles. The smallest absolute Gasteiger partial charge is 0.236 e. The van der Waals surface area contributed by atoms with Crippen molar-refractivity contribution in [3.63, 3.8) is 0 Å². The second-order valence-corrected chi connectivity index (χ2v) is 9.58. The first-order valence-corrected chi connectivity index (χ1v) is 11.5. The summed E-state index contributed by atoms with van der Waals surface area (Å²) in [6, 6.07) is 25.4. The molecule has 0 N–H and O–H groups in total. The van der Waals surface area contributed by atoms with E-state index in [-0.39, 0.29) is 21.7 Å². The maximum Gasteiger partial charge on any atom is 0.236 e. The normalized spacial score (nSPS) is 11.4. The molecule has 0 aliphatic carbocycles. The largest absolute Gasteiger partial charge is 0.419 e. The molecule has 7 heteroatoms. The van der Waals surface area contributed by atoms with Crippen LogP contribution in [0.15, 0.2) is 104 Å². The maximum atomic E-state index is 13.4. The number of oxazole rings is 1. The van der Waals surface area contributed by atoms with E-state index < -0.39 is 9.84 Å². The van der Waals surface area contributed by atoms with Crippen LogP contribution in [0.5, 0.6) is 0 Å². The first kappa shape index (κ1) is 20.4. The number of aromatic nitrogens is 1. The third-order valence-electron chi connectivity index (χ3n) is 4.59. The summed E-state index contributed by atoms with van der Waals surface area (Å²) in [6.45, 7) is 0.479. The lowest BCUT2D eigenvalue weighted by Crippen LogP contribution is -2.18. The molecule has 1 heterocycles. The number of hydrogen-bond donors (Lipinski definition) is 0. The first-order valence-electron chi connectivity index (χ1n) is 9.27. The highest BCUT2D eigenvalue weighted by molar-refractivity contribution is 9.10.